The molecule has 5 rings (SSSR count). The number of amides is 5. The van der Waals surface area contributed by atoms with Crippen LogP contribution in [-0.2, 0) is 14.4 Å². The van der Waals surface area contributed by atoms with Crippen molar-refractivity contribution in [3.8, 4) is 11.1 Å². The Labute approximate surface area is 265 Å². The van der Waals surface area contributed by atoms with Crippen LogP contribution in [0.1, 0.15) is 46.4 Å². The highest BCUT2D eigenvalue weighted by atomic mass is 16.2. The van der Waals surface area contributed by atoms with Gasteiger partial charge in [0, 0.05) is 42.3 Å². The van der Waals surface area contributed by atoms with Crippen molar-refractivity contribution in [2.24, 2.45) is 5.73 Å². The van der Waals surface area contributed by atoms with Gasteiger partial charge >= 0.3 is 0 Å². The summed E-state index contributed by atoms with van der Waals surface area (Å²) in [5.74, 6) is -1.74. The number of nitrogens with one attached hydrogen (secondary N) is 5. The molecule has 0 bridgehead atoms. The van der Waals surface area contributed by atoms with Gasteiger partial charge in [0.15, 0.2) is 0 Å². The second-order valence-electron chi connectivity index (χ2n) is 10.9. The Morgan fingerprint density at radius 3 is 2.33 bits per heavy atom. The molecule has 1 atom stereocenters. The Bertz CT molecular complexity index is 1760. The lowest BCUT2D eigenvalue weighted by molar-refractivity contribution is -0.134. The molecule has 12 heteroatoms. The summed E-state index contributed by atoms with van der Waals surface area (Å²) < 4.78 is 0. The van der Waals surface area contributed by atoms with Crippen LogP contribution in [0.5, 0.6) is 0 Å². The smallest absolute Gasteiger partial charge is 0.252 e. The molecule has 2 heterocycles. The maximum absolute atomic E-state index is 12.7. The summed E-state index contributed by atoms with van der Waals surface area (Å²) in [4.78, 5) is 64.4. The molecule has 0 radical (unpaired) electrons. The van der Waals surface area contributed by atoms with E-state index in [2.05, 4.69) is 31.6 Å². The summed E-state index contributed by atoms with van der Waals surface area (Å²) in [6.07, 6.45) is 3.43. The fraction of sp³-hybridized carbons (Fsp3) is 0.235. The maximum Gasteiger partial charge on any atom is 0.252 e. The number of benzene rings is 3. The summed E-state index contributed by atoms with van der Waals surface area (Å²) >= 11 is 0. The van der Waals surface area contributed by atoms with E-state index >= 15 is 0 Å². The number of pyridine rings is 1. The lowest BCUT2D eigenvalue weighted by Crippen LogP contribution is -2.52. The second kappa shape index (κ2) is 14.9. The molecule has 1 fully saturated rings. The molecule has 0 aliphatic carbocycles. The van der Waals surface area contributed by atoms with Gasteiger partial charge in [0.25, 0.3) is 11.8 Å². The SMILES string of the molecule is NC(=O)c1cnc2ccc(-c3ccc(C(=O)NCCCCNC(=O)CNC4CCC(=O)NC4=O)cc3)cc2c1Nc1ccccc1. The number of piperidine rings is 1. The standard InChI is InChI=1S/C34H35N7O5/c35-32(44)26-19-38-27-13-12-23(18-25(27)31(26)40-24-6-2-1-3-7-24)21-8-10-22(11-9-21)33(45)37-17-5-4-16-36-30(43)20-39-28-14-15-29(42)41-34(28)46/h1-3,6-13,18-19,28,39H,4-5,14-17,20H2,(H2,35,44)(H,36,43)(H,37,45)(H,38,40)(H,41,42,46). The molecule has 5 amide bonds. The predicted molar refractivity (Wildman–Crippen MR) is 174 cm³/mol. The number of imide groups is 1. The number of aromatic nitrogens is 1. The van der Waals surface area contributed by atoms with Gasteiger partial charge in [-0.3, -0.25) is 39.6 Å². The lowest BCUT2D eigenvalue weighted by Gasteiger charge is -2.21. The first-order chi connectivity index (χ1) is 22.3. The summed E-state index contributed by atoms with van der Waals surface area (Å²) in [6.45, 7) is 0.864. The van der Waals surface area contributed by atoms with E-state index in [-0.39, 0.29) is 36.3 Å². The number of unbranched alkanes of at least 4 members (excludes halogenated alkanes) is 1. The molecule has 1 saturated heterocycles. The number of anilines is 2. The molecule has 1 unspecified atom stereocenters. The van der Waals surface area contributed by atoms with Gasteiger partial charge in [0.1, 0.15) is 0 Å². The van der Waals surface area contributed by atoms with E-state index in [9.17, 15) is 24.0 Å². The summed E-state index contributed by atoms with van der Waals surface area (Å²) in [5.41, 5.74) is 10.3. The second-order valence-corrected chi connectivity index (χ2v) is 10.9. The van der Waals surface area contributed by atoms with Gasteiger partial charge in [-0.15, -0.1) is 0 Å². The number of primary amides is 1. The molecule has 0 spiro atoms. The molecule has 1 aliphatic heterocycles. The van der Waals surface area contributed by atoms with Crippen LogP contribution in [0.15, 0.2) is 79.0 Å². The van der Waals surface area contributed by atoms with Crippen LogP contribution in [-0.4, -0.2) is 60.2 Å². The Morgan fingerprint density at radius 1 is 0.891 bits per heavy atom. The van der Waals surface area contributed by atoms with Crippen molar-refractivity contribution in [3.63, 3.8) is 0 Å². The van der Waals surface area contributed by atoms with Gasteiger partial charge in [-0.2, -0.15) is 0 Å². The van der Waals surface area contributed by atoms with Crippen LogP contribution in [0.3, 0.4) is 0 Å². The predicted octanol–water partition coefficient (Wildman–Crippen LogP) is 2.77. The van der Waals surface area contributed by atoms with Gasteiger partial charge < -0.3 is 21.7 Å². The topological polar surface area (TPSA) is 184 Å². The van der Waals surface area contributed by atoms with Crippen molar-refractivity contribution in [1.82, 2.24) is 26.3 Å². The van der Waals surface area contributed by atoms with E-state index in [0.29, 0.717) is 49.1 Å². The molecule has 7 N–H and O–H groups in total. The van der Waals surface area contributed by atoms with Gasteiger partial charge in [-0.05, 0) is 66.8 Å². The van der Waals surface area contributed by atoms with Crippen molar-refractivity contribution >= 4 is 51.8 Å². The van der Waals surface area contributed by atoms with Crippen molar-refractivity contribution in [2.75, 3.05) is 25.0 Å². The van der Waals surface area contributed by atoms with Crippen molar-refractivity contribution < 1.29 is 24.0 Å². The average Bonchev–Trinajstić information content (AvgIpc) is 3.06. The monoisotopic (exact) mass is 621 g/mol. The molecule has 1 aromatic heterocycles. The number of hydrogen-bond donors (Lipinski definition) is 6. The zero-order chi connectivity index (χ0) is 32.5. The van der Waals surface area contributed by atoms with E-state index in [4.69, 9.17) is 5.73 Å². The third-order valence-corrected chi connectivity index (χ3v) is 7.62. The van der Waals surface area contributed by atoms with Crippen molar-refractivity contribution in [3.05, 3.63) is 90.1 Å². The molecule has 0 saturated carbocycles. The first kappa shape index (κ1) is 31.8. The van der Waals surface area contributed by atoms with E-state index in [1.807, 2.05) is 60.7 Å². The highest BCUT2D eigenvalue weighted by molar-refractivity contribution is 6.08. The molecule has 46 heavy (non-hydrogen) atoms. The molecule has 4 aromatic rings. The van der Waals surface area contributed by atoms with Crippen LogP contribution in [0.25, 0.3) is 22.0 Å². The van der Waals surface area contributed by atoms with E-state index < -0.39 is 17.9 Å². The minimum atomic E-state index is -0.585. The molecule has 12 nitrogen and oxygen atoms in total. The highest BCUT2D eigenvalue weighted by Crippen LogP contribution is 2.32. The fourth-order valence-corrected chi connectivity index (χ4v) is 5.12. The first-order valence-corrected chi connectivity index (χ1v) is 15.1. The van der Waals surface area contributed by atoms with Gasteiger partial charge in [-0.1, -0.05) is 36.4 Å². The minimum Gasteiger partial charge on any atom is -0.365 e. The molecular formula is C34H35N7O5. The zero-order valence-corrected chi connectivity index (χ0v) is 25.1. The Morgan fingerprint density at radius 2 is 1.61 bits per heavy atom. The fourth-order valence-electron chi connectivity index (χ4n) is 5.12. The van der Waals surface area contributed by atoms with E-state index in [1.165, 1.54) is 6.20 Å². The number of nitrogens with two attached hydrogens (primary N) is 1. The number of carbonyl (C=O) groups excluding carboxylic acids is 5. The minimum absolute atomic E-state index is 0.0186. The first-order valence-electron chi connectivity index (χ1n) is 15.1. The summed E-state index contributed by atoms with van der Waals surface area (Å²) in [5, 5.41) is 14.8. The van der Waals surface area contributed by atoms with Gasteiger partial charge in [0.05, 0.1) is 29.4 Å². The number of para-hydroxylation sites is 1. The van der Waals surface area contributed by atoms with E-state index in [0.717, 1.165) is 22.2 Å². The molecule has 236 valence electrons. The van der Waals surface area contributed by atoms with E-state index in [1.54, 1.807) is 12.1 Å². The highest BCUT2D eigenvalue weighted by Gasteiger charge is 2.26. The number of fused-ring (bicyclic) bond motifs is 1. The normalized spacial score (nSPS) is 14.4. The van der Waals surface area contributed by atoms with Crippen molar-refractivity contribution in [1.29, 1.82) is 0 Å². The van der Waals surface area contributed by atoms with Gasteiger partial charge in [0.2, 0.25) is 17.7 Å². The third kappa shape index (κ3) is 8.10. The molecule has 1 aliphatic rings. The Kier molecular flexibility index (Phi) is 10.3. The van der Waals surface area contributed by atoms with Crippen LogP contribution in [0.2, 0.25) is 0 Å². The lowest BCUT2D eigenvalue weighted by atomic mass is 9.99. The third-order valence-electron chi connectivity index (χ3n) is 7.62. The van der Waals surface area contributed by atoms with Gasteiger partial charge in [-0.25, -0.2) is 0 Å². The number of hydrogen-bond acceptors (Lipinski definition) is 8. The summed E-state index contributed by atoms with van der Waals surface area (Å²) in [6, 6.07) is 21.9. The Balaban J connectivity index is 1.11. The number of carbonyl (C=O) groups is 5. The zero-order valence-electron chi connectivity index (χ0n) is 25.1. The quantitative estimate of drug-likeness (QED) is 0.0972. The Hall–Kier alpha value is -5.62. The average molecular weight is 622 g/mol. The molecular weight excluding hydrogens is 586 g/mol. The van der Waals surface area contributed by atoms with Crippen LogP contribution < -0.4 is 32.3 Å². The van der Waals surface area contributed by atoms with Crippen LogP contribution in [0, 0.1) is 0 Å². The summed E-state index contributed by atoms with van der Waals surface area (Å²) in [7, 11) is 0. The largest absolute Gasteiger partial charge is 0.365 e. The van der Waals surface area contributed by atoms with Crippen LogP contribution >= 0.6 is 0 Å². The number of nitrogens with zero attached hydrogens (tertiary/aromatic N) is 1. The maximum atomic E-state index is 12.7. The van der Waals surface area contributed by atoms with Crippen LogP contribution in [0.4, 0.5) is 11.4 Å². The van der Waals surface area contributed by atoms with Crippen molar-refractivity contribution in [2.45, 2.75) is 31.7 Å². The molecule has 3 aromatic carbocycles. The number of rotatable bonds is 13.